The lowest BCUT2D eigenvalue weighted by atomic mass is 10.1. The zero-order valence-corrected chi connectivity index (χ0v) is 11.2. The number of methoxy groups -OCH3 is 1. The van der Waals surface area contributed by atoms with Crippen molar-refractivity contribution < 1.29 is 9.53 Å². The summed E-state index contributed by atoms with van der Waals surface area (Å²) in [6.45, 7) is 0.718. The molecular weight excluding hydrogens is 250 g/mol. The molecule has 2 aromatic carbocycles. The molecule has 0 aliphatic rings. The molecule has 0 fully saturated rings. The summed E-state index contributed by atoms with van der Waals surface area (Å²) < 4.78 is 7.51. The number of ether oxygens (including phenoxy) is 1. The fourth-order valence-electron chi connectivity index (χ4n) is 2.50. The highest BCUT2D eigenvalue weighted by Crippen LogP contribution is 2.23. The van der Waals surface area contributed by atoms with Crippen LogP contribution in [0.3, 0.4) is 0 Å². The van der Waals surface area contributed by atoms with Gasteiger partial charge in [0, 0.05) is 28.2 Å². The van der Waals surface area contributed by atoms with E-state index in [2.05, 4.69) is 4.57 Å². The molecule has 0 saturated carbocycles. The van der Waals surface area contributed by atoms with Crippen LogP contribution >= 0.6 is 0 Å². The maximum Gasteiger partial charge on any atom is 0.150 e. The maximum atomic E-state index is 11.1. The van der Waals surface area contributed by atoms with Crippen molar-refractivity contribution in [3.05, 3.63) is 65.9 Å². The van der Waals surface area contributed by atoms with Crippen molar-refractivity contribution in [1.29, 1.82) is 0 Å². The third-order valence-electron chi connectivity index (χ3n) is 3.51. The number of benzene rings is 2. The highest BCUT2D eigenvalue weighted by molar-refractivity contribution is 5.97. The van der Waals surface area contributed by atoms with Gasteiger partial charge in [-0.05, 0) is 18.2 Å². The molecule has 20 heavy (non-hydrogen) atoms. The second-order valence-corrected chi connectivity index (χ2v) is 4.65. The zero-order valence-electron chi connectivity index (χ0n) is 11.2. The van der Waals surface area contributed by atoms with Gasteiger partial charge in [-0.2, -0.15) is 0 Å². The molecule has 0 saturated heterocycles. The number of nitrogens with zero attached hydrogens (tertiary/aromatic N) is 1. The highest BCUT2D eigenvalue weighted by Gasteiger charge is 2.07. The minimum absolute atomic E-state index is 0.718. The van der Waals surface area contributed by atoms with Gasteiger partial charge in [-0.3, -0.25) is 4.79 Å². The molecule has 0 N–H and O–H groups in total. The average Bonchev–Trinajstić information content (AvgIpc) is 2.91. The van der Waals surface area contributed by atoms with Crippen LogP contribution in [0, 0.1) is 0 Å². The van der Waals surface area contributed by atoms with Crippen LogP contribution in [0.15, 0.2) is 54.7 Å². The minimum Gasteiger partial charge on any atom is -0.496 e. The molecule has 0 aliphatic carbocycles. The number of hydrogen-bond donors (Lipinski definition) is 0. The van der Waals surface area contributed by atoms with Crippen LogP contribution in [0.25, 0.3) is 10.9 Å². The first-order chi connectivity index (χ1) is 9.83. The molecule has 3 heteroatoms. The summed E-state index contributed by atoms with van der Waals surface area (Å²) in [7, 11) is 1.68. The molecule has 3 nitrogen and oxygen atoms in total. The highest BCUT2D eigenvalue weighted by atomic mass is 16.5. The summed E-state index contributed by atoms with van der Waals surface area (Å²) in [5.74, 6) is 0.876. The first-order valence-corrected chi connectivity index (χ1v) is 6.48. The first kappa shape index (κ1) is 12.5. The Hall–Kier alpha value is -2.55. The largest absolute Gasteiger partial charge is 0.496 e. The summed E-state index contributed by atoms with van der Waals surface area (Å²) >= 11 is 0. The predicted octanol–water partition coefficient (Wildman–Crippen LogP) is 3.51. The van der Waals surface area contributed by atoms with Crippen LogP contribution < -0.4 is 4.74 Å². The van der Waals surface area contributed by atoms with Crippen LogP contribution in [-0.4, -0.2) is 18.0 Å². The lowest BCUT2D eigenvalue weighted by Crippen LogP contribution is -2.00. The topological polar surface area (TPSA) is 31.2 Å². The number of carbonyl (C=O) groups excluding carboxylic acids is 1. The summed E-state index contributed by atoms with van der Waals surface area (Å²) in [6, 6.07) is 15.7. The molecule has 0 radical (unpaired) electrons. The Balaban J connectivity index is 2.05. The van der Waals surface area contributed by atoms with E-state index >= 15 is 0 Å². The number of para-hydroxylation sites is 1. The van der Waals surface area contributed by atoms with E-state index < -0.39 is 0 Å². The summed E-state index contributed by atoms with van der Waals surface area (Å²) in [4.78, 5) is 11.1. The van der Waals surface area contributed by atoms with E-state index in [9.17, 15) is 4.79 Å². The van der Waals surface area contributed by atoms with E-state index in [1.54, 1.807) is 7.11 Å². The Morgan fingerprint density at radius 2 is 1.95 bits per heavy atom. The second-order valence-electron chi connectivity index (χ2n) is 4.65. The normalized spacial score (nSPS) is 10.7. The van der Waals surface area contributed by atoms with Crippen molar-refractivity contribution in [2.24, 2.45) is 0 Å². The SMILES string of the molecule is COc1ccccc1Cn1ccc2c(C=O)cccc21. The van der Waals surface area contributed by atoms with Gasteiger partial charge in [-0.15, -0.1) is 0 Å². The van der Waals surface area contributed by atoms with Gasteiger partial charge in [0.15, 0.2) is 6.29 Å². The van der Waals surface area contributed by atoms with E-state index in [0.717, 1.165) is 40.6 Å². The van der Waals surface area contributed by atoms with Crippen molar-refractivity contribution in [2.45, 2.75) is 6.54 Å². The van der Waals surface area contributed by atoms with Gasteiger partial charge in [0.2, 0.25) is 0 Å². The molecule has 1 aromatic heterocycles. The fourth-order valence-corrected chi connectivity index (χ4v) is 2.50. The zero-order chi connectivity index (χ0) is 13.9. The Morgan fingerprint density at radius 3 is 2.75 bits per heavy atom. The molecule has 0 bridgehead atoms. The summed E-state index contributed by atoms with van der Waals surface area (Å²) in [5, 5.41) is 0.984. The molecule has 0 spiro atoms. The Bertz CT molecular complexity index is 759. The number of carbonyl (C=O) groups is 1. The van der Waals surface area contributed by atoms with Gasteiger partial charge in [-0.25, -0.2) is 0 Å². The lowest BCUT2D eigenvalue weighted by Gasteiger charge is -2.10. The third kappa shape index (κ3) is 2.07. The van der Waals surface area contributed by atoms with Crippen molar-refractivity contribution in [3.8, 4) is 5.75 Å². The van der Waals surface area contributed by atoms with Crippen LogP contribution in [-0.2, 0) is 6.54 Å². The molecule has 3 aromatic rings. The maximum absolute atomic E-state index is 11.1. The number of aromatic nitrogens is 1. The third-order valence-corrected chi connectivity index (χ3v) is 3.51. The smallest absolute Gasteiger partial charge is 0.150 e. The monoisotopic (exact) mass is 265 g/mol. The van der Waals surface area contributed by atoms with Crippen molar-refractivity contribution in [2.75, 3.05) is 7.11 Å². The van der Waals surface area contributed by atoms with Crippen LogP contribution in [0.2, 0.25) is 0 Å². The minimum atomic E-state index is 0.718. The van der Waals surface area contributed by atoms with Crippen molar-refractivity contribution >= 4 is 17.2 Å². The molecule has 3 rings (SSSR count). The van der Waals surface area contributed by atoms with Gasteiger partial charge in [0.1, 0.15) is 5.75 Å². The molecule has 0 unspecified atom stereocenters. The van der Waals surface area contributed by atoms with Gasteiger partial charge in [-0.1, -0.05) is 30.3 Å². The first-order valence-electron chi connectivity index (χ1n) is 6.48. The van der Waals surface area contributed by atoms with Crippen LogP contribution in [0.1, 0.15) is 15.9 Å². The second kappa shape index (κ2) is 5.21. The molecule has 100 valence electrons. The van der Waals surface area contributed by atoms with E-state index in [1.807, 2.05) is 54.7 Å². The van der Waals surface area contributed by atoms with Crippen molar-refractivity contribution in [3.63, 3.8) is 0 Å². The van der Waals surface area contributed by atoms with E-state index in [4.69, 9.17) is 4.74 Å². The fraction of sp³-hybridized carbons (Fsp3) is 0.118. The number of rotatable bonds is 4. The van der Waals surface area contributed by atoms with E-state index in [-0.39, 0.29) is 0 Å². The standard InChI is InChI=1S/C17H15NO2/c1-20-17-8-3-2-5-13(17)11-18-10-9-15-14(12-19)6-4-7-16(15)18/h2-10,12H,11H2,1H3. The van der Waals surface area contributed by atoms with Gasteiger partial charge < -0.3 is 9.30 Å². The molecule has 1 heterocycles. The van der Waals surface area contributed by atoms with Gasteiger partial charge in [0.25, 0.3) is 0 Å². The molecular formula is C17H15NO2. The number of hydrogen-bond acceptors (Lipinski definition) is 2. The van der Waals surface area contributed by atoms with E-state index in [0.29, 0.717) is 0 Å². The predicted molar refractivity (Wildman–Crippen MR) is 79.4 cm³/mol. The van der Waals surface area contributed by atoms with Gasteiger partial charge >= 0.3 is 0 Å². The summed E-state index contributed by atoms with van der Waals surface area (Å²) in [5.41, 5.74) is 2.89. The van der Waals surface area contributed by atoms with Crippen LogP contribution in [0.5, 0.6) is 5.75 Å². The Kier molecular flexibility index (Phi) is 3.25. The lowest BCUT2D eigenvalue weighted by molar-refractivity contribution is 0.112. The average molecular weight is 265 g/mol. The van der Waals surface area contributed by atoms with Gasteiger partial charge in [0.05, 0.1) is 13.7 Å². The summed E-state index contributed by atoms with van der Waals surface area (Å²) in [6.07, 6.45) is 2.90. The number of aldehydes is 1. The Morgan fingerprint density at radius 1 is 1.10 bits per heavy atom. The van der Waals surface area contributed by atoms with Crippen LogP contribution in [0.4, 0.5) is 0 Å². The molecule has 0 amide bonds. The molecule has 0 aliphatic heterocycles. The Labute approximate surface area is 117 Å². The quantitative estimate of drug-likeness (QED) is 0.676. The van der Waals surface area contributed by atoms with E-state index in [1.165, 1.54) is 0 Å². The molecule has 0 atom stereocenters. The van der Waals surface area contributed by atoms with Crippen molar-refractivity contribution in [1.82, 2.24) is 4.57 Å². The number of fused-ring (bicyclic) bond motifs is 1.